The highest BCUT2D eigenvalue weighted by Gasteiger charge is 2.07. The van der Waals surface area contributed by atoms with Gasteiger partial charge in [0.05, 0.1) is 28.1 Å². The van der Waals surface area contributed by atoms with Crippen LogP contribution in [0.1, 0.15) is 9.88 Å². The summed E-state index contributed by atoms with van der Waals surface area (Å²) in [6.07, 6.45) is 1.88. The van der Waals surface area contributed by atoms with Crippen LogP contribution >= 0.6 is 22.7 Å². The normalized spacial score (nSPS) is 10.9. The minimum Gasteiger partial charge on any atom is -0.395 e. The predicted octanol–water partition coefficient (Wildman–Crippen LogP) is 3.26. The van der Waals surface area contributed by atoms with Crippen molar-refractivity contribution in [2.45, 2.75) is 13.5 Å². The van der Waals surface area contributed by atoms with Crippen molar-refractivity contribution in [1.82, 2.24) is 9.97 Å². The van der Waals surface area contributed by atoms with E-state index < -0.39 is 0 Å². The molecule has 0 bridgehead atoms. The average Bonchev–Trinajstić information content (AvgIpc) is 2.97. The summed E-state index contributed by atoms with van der Waals surface area (Å²) in [5.41, 5.74) is 10.4. The number of fused-ring (bicyclic) bond motifs is 1. The Morgan fingerprint density at radius 1 is 1.33 bits per heavy atom. The van der Waals surface area contributed by atoms with Crippen molar-refractivity contribution in [3.05, 3.63) is 33.7 Å². The third-order valence-corrected chi connectivity index (χ3v) is 4.35. The lowest BCUT2D eigenvalue weighted by Gasteiger charge is -2.07. The molecule has 0 amide bonds. The van der Waals surface area contributed by atoms with Gasteiger partial charge >= 0.3 is 0 Å². The second-order valence-corrected chi connectivity index (χ2v) is 6.15. The Morgan fingerprint density at radius 3 is 3.00 bits per heavy atom. The van der Waals surface area contributed by atoms with Crippen molar-refractivity contribution in [1.29, 1.82) is 0 Å². The summed E-state index contributed by atoms with van der Waals surface area (Å²) in [6, 6.07) is 4.04. The van der Waals surface area contributed by atoms with E-state index in [2.05, 4.69) is 22.2 Å². The van der Waals surface area contributed by atoms with E-state index in [1.807, 2.05) is 23.8 Å². The molecule has 3 rings (SSSR count). The Bertz CT molecular complexity index is 686. The average molecular weight is 276 g/mol. The molecule has 0 aliphatic carbocycles. The van der Waals surface area contributed by atoms with Gasteiger partial charge in [0, 0.05) is 11.1 Å². The molecule has 0 saturated heterocycles. The Labute approximate surface area is 113 Å². The van der Waals surface area contributed by atoms with Crippen LogP contribution in [0.2, 0.25) is 0 Å². The first-order valence-electron chi connectivity index (χ1n) is 5.51. The predicted molar refractivity (Wildman–Crippen MR) is 78.2 cm³/mol. The third kappa shape index (κ3) is 2.04. The van der Waals surface area contributed by atoms with Gasteiger partial charge in [-0.15, -0.1) is 22.7 Å². The molecule has 0 unspecified atom stereocenters. The number of rotatable bonds is 3. The fourth-order valence-electron chi connectivity index (χ4n) is 1.76. The van der Waals surface area contributed by atoms with Gasteiger partial charge in [-0.1, -0.05) is 0 Å². The molecule has 0 aliphatic heterocycles. The van der Waals surface area contributed by atoms with E-state index >= 15 is 0 Å². The van der Waals surface area contributed by atoms with E-state index in [0.29, 0.717) is 12.2 Å². The molecule has 0 atom stereocenters. The van der Waals surface area contributed by atoms with Crippen LogP contribution in [0, 0.1) is 6.92 Å². The van der Waals surface area contributed by atoms with Crippen molar-refractivity contribution in [3.63, 3.8) is 0 Å². The molecule has 0 saturated carbocycles. The number of hydrogen-bond donors (Lipinski definition) is 2. The van der Waals surface area contributed by atoms with E-state index in [1.165, 1.54) is 4.88 Å². The maximum atomic E-state index is 6.10. The number of nitrogen functional groups attached to an aromatic ring is 1. The van der Waals surface area contributed by atoms with Crippen LogP contribution in [0.15, 0.2) is 23.8 Å². The van der Waals surface area contributed by atoms with Gasteiger partial charge < -0.3 is 11.1 Å². The molecule has 92 valence electrons. The van der Waals surface area contributed by atoms with Crippen molar-refractivity contribution < 1.29 is 0 Å². The topological polar surface area (TPSA) is 63.8 Å². The van der Waals surface area contributed by atoms with Crippen molar-refractivity contribution in [3.8, 4) is 0 Å². The van der Waals surface area contributed by atoms with Crippen molar-refractivity contribution in [2.75, 3.05) is 11.1 Å². The largest absolute Gasteiger partial charge is 0.395 e. The van der Waals surface area contributed by atoms with Gasteiger partial charge in [-0.05, 0) is 19.1 Å². The number of hydrogen-bond acceptors (Lipinski definition) is 6. The van der Waals surface area contributed by atoms with Gasteiger partial charge in [0.15, 0.2) is 0 Å². The maximum absolute atomic E-state index is 6.10. The molecule has 3 N–H and O–H groups in total. The molecule has 18 heavy (non-hydrogen) atoms. The Morgan fingerprint density at radius 2 is 2.22 bits per heavy atom. The van der Waals surface area contributed by atoms with Crippen LogP contribution in [-0.2, 0) is 6.54 Å². The Hall–Kier alpha value is -1.66. The lowest BCUT2D eigenvalue weighted by molar-refractivity contribution is 1.10. The van der Waals surface area contributed by atoms with Gasteiger partial charge in [-0.2, -0.15) is 0 Å². The summed E-state index contributed by atoms with van der Waals surface area (Å²) in [4.78, 5) is 9.81. The molecule has 3 aromatic rings. The molecule has 0 aliphatic rings. The van der Waals surface area contributed by atoms with E-state index in [-0.39, 0.29) is 0 Å². The number of nitrogens with zero attached hydrogens (tertiary/aromatic N) is 2. The van der Waals surface area contributed by atoms with Crippen LogP contribution in [0.4, 0.5) is 11.4 Å². The fraction of sp³-hybridized carbons (Fsp3) is 0.167. The molecule has 2 heterocycles. The minimum absolute atomic E-state index is 0.693. The molecule has 4 nitrogen and oxygen atoms in total. The van der Waals surface area contributed by atoms with Crippen molar-refractivity contribution in [2.24, 2.45) is 0 Å². The highest BCUT2D eigenvalue weighted by Crippen LogP contribution is 2.30. The standard InChI is InChI=1S/C12H12N4S2/c1-7-4-15-10(18-7)5-14-8-2-3-9-12(11(8)13)16-6-17-9/h2-4,6,14H,5,13H2,1H3. The second kappa shape index (κ2) is 4.55. The van der Waals surface area contributed by atoms with Crippen LogP contribution < -0.4 is 11.1 Å². The van der Waals surface area contributed by atoms with Crippen LogP contribution in [0.25, 0.3) is 10.2 Å². The molecule has 1 aromatic carbocycles. The van der Waals surface area contributed by atoms with E-state index in [1.54, 1.807) is 22.7 Å². The number of nitrogens with one attached hydrogen (secondary N) is 1. The van der Waals surface area contributed by atoms with Crippen LogP contribution in [-0.4, -0.2) is 9.97 Å². The van der Waals surface area contributed by atoms with Gasteiger partial charge in [-0.3, -0.25) is 0 Å². The van der Waals surface area contributed by atoms with Gasteiger partial charge in [0.25, 0.3) is 0 Å². The van der Waals surface area contributed by atoms with Gasteiger partial charge in [0.1, 0.15) is 10.5 Å². The second-order valence-electron chi connectivity index (χ2n) is 3.94. The Balaban J connectivity index is 1.84. The molecule has 0 radical (unpaired) electrons. The number of aryl methyl sites for hydroxylation is 1. The first-order valence-corrected chi connectivity index (χ1v) is 7.20. The third-order valence-electron chi connectivity index (χ3n) is 2.64. The first kappa shape index (κ1) is 11.4. The molecule has 0 spiro atoms. The number of nitrogens with two attached hydrogens (primary N) is 1. The number of benzene rings is 1. The zero-order valence-electron chi connectivity index (χ0n) is 9.80. The number of aromatic nitrogens is 2. The van der Waals surface area contributed by atoms with Gasteiger partial charge in [-0.25, -0.2) is 9.97 Å². The van der Waals surface area contributed by atoms with Crippen LogP contribution in [0.3, 0.4) is 0 Å². The zero-order valence-corrected chi connectivity index (χ0v) is 11.4. The summed E-state index contributed by atoms with van der Waals surface area (Å²) >= 11 is 3.29. The SMILES string of the molecule is Cc1cnc(CNc2ccc3scnc3c2N)s1. The monoisotopic (exact) mass is 276 g/mol. The van der Waals surface area contributed by atoms with E-state index in [4.69, 9.17) is 5.73 Å². The molecule has 2 aromatic heterocycles. The van der Waals surface area contributed by atoms with E-state index in [9.17, 15) is 0 Å². The lowest BCUT2D eigenvalue weighted by atomic mass is 10.2. The maximum Gasteiger partial charge on any atom is 0.112 e. The molecule has 0 fully saturated rings. The summed E-state index contributed by atoms with van der Waals surface area (Å²) in [7, 11) is 0. The fourth-order valence-corrected chi connectivity index (χ4v) is 3.18. The quantitative estimate of drug-likeness (QED) is 0.721. The molecular weight excluding hydrogens is 264 g/mol. The minimum atomic E-state index is 0.693. The van der Waals surface area contributed by atoms with E-state index in [0.717, 1.165) is 20.9 Å². The van der Waals surface area contributed by atoms with Crippen LogP contribution in [0.5, 0.6) is 0 Å². The summed E-state index contributed by atoms with van der Waals surface area (Å²) in [5, 5.41) is 4.37. The summed E-state index contributed by atoms with van der Waals surface area (Å²) in [6.45, 7) is 2.75. The lowest BCUT2D eigenvalue weighted by Crippen LogP contribution is -2.02. The first-order chi connectivity index (χ1) is 8.74. The molecular formula is C12H12N4S2. The summed E-state index contributed by atoms with van der Waals surface area (Å²) in [5.74, 6) is 0. The summed E-state index contributed by atoms with van der Waals surface area (Å²) < 4.78 is 1.11. The highest BCUT2D eigenvalue weighted by atomic mass is 32.1. The zero-order chi connectivity index (χ0) is 12.5. The Kier molecular flexibility index (Phi) is 2.89. The smallest absolute Gasteiger partial charge is 0.112 e. The molecule has 6 heteroatoms. The number of thiazole rings is 2. The highest BCUT2D eigenvalue weighted by molar-refractivity contribution is 7.16. The number of anilines is 2. The van der Waals surface area contributed by atoms with Gasteiger partial charge in [0.2, 0.25) is 0 Å². The van der Waals surface area contributed by atoms with Crippen molar-refractivity contribution >= 4 is 44.3 Å².